The van der Waals surface area contributed by atoms with Crippen LogP contribution in [0.5, 0.6) is 0 Å². The van der Waals surface area contributed by atoms with Crippen LogP contribution in [0.3, 0.4) is 0 Å². The zero-order valence-electron chi connectivity index (χ0n) is 18.7. The Bertz CT molecular complexity index is 1160. The molecule has 33 heavy (non-hydrogen) atoms. The van der Waals surface area contributed by atoms with Crippen LogP contribution in [0.25, 0.3) is 11.0 Å². The molecule has 2 aromatic carbocycles. The van der Waals surface area contributed by atoms with Gasteiger partial charge in [0.1, 0.15) is 0 Å². The number of halogens is 2. The molecule has 2 N–H and O–H groups in total. The second kappa shape index (κ2) is 9.53. The van der Waals surface area contributed by atoms with Crippen molar-refractivity contribution in [3.63, 3.8) is 0 Å². The fraction of sp³-hybridized carbons (Fsp3) is 0.440. The van der Waals surface area contributed by atoms with Crippen LogP contribution in [0.4, 0.5) is 5.69 Å². The Morgan fingerprint density at radius 2 is 2.06 bits per heavy atom. The van der Waals surface area contributed by atoms with E-state index >= 15 is 0 Å². The topological polar surface area (TPSA) is 62.2 Å². The Labute approximate surface area is 204 Å². The highest BCUT2D eigenvalue weighted by Crippen LogP contribution is 2.32. The van der Waals surface area contributed by atoms with Crippen LogP contribution in [0, 0.1) is 0 Å². The standard InChI is InChI=1S/C25H29Cl2N5O/c1-16(20-7-5-17(26)12-21(20)27)32-15-29-22-8-6-19(13-24(22)32)31-11-9-18(14-31)30-25(33)23-4-2-3-10-28-23/h5-8,12-13,15-16,18,23,28H,2-4,9-11,14H2,1H3,(H,30,33)/t16-,18?,23?/m1/s1. The zero-order chi connectivity index (χ0) is 22.9. The number of carbonyl (C=O) groups excluding carboxylic acids is 1. The molecule has 0 saturated carbocycles. The van der Waals surface area contributed by atoms with Gasteiger partial charge in [-0.1, -0.05) is 35.7 Å². The highest BCUT2D eigenvalue weighted by atomic mass is 35.5. The molecule has 8 heteroatoms. The molecule has 3 aromatic rings. The first kappa shape index (κ1) is 22.5. The van der Waals surface area contributed by atoms with E-state index < -0.39 is 0 Å². The van der Waals surface area contributed by atoms with Crippen LogP contribution in [0.1, 0.15) is 44.2 Å². The van der Waals surface area contributed by atoms with E-state index in [0.717, 1.165) is 67.6 Å². The van der Waals surface area contributed by atoms with Crippen LogP contribution in [0.2, 0.25) is 10.0 Å². The lowest BCUT2D eigenvalue weighted by atomic mass is 10.0. The molecule has 5 rings (SSSR count). The van der Waals surface area contributed by atoms with Crippen LogP contribution < -0.4 is 15.5 Å². The minimum absolute atomic E-state index is 0.0172. The lowest BCUT2D eigenvalue weighted by molar-refractivity contribution is -0.124. The lowest BCUT2D eigenvalue weighted by Crippen LogP contribution is -2.50. The largest absolute Gasteiger partial charge is 0.369 e. The first-order valence-corrected chi connectivity index (χ1v) is 12.5. The van der Waals surface area contributed by atoms with Crippen LogP contribution >= 0.6 is 23.2 Å². The van der Waals surface area contributed by atoms with E-state index in [1.54, 1.807) is 6.07 Å². The number of hydrogen-bond donors (Lipinski definition) is 2. The maximum atomic E-state index is 12.6. The molecule has 1 amide bonds. The summed E-state index contributed by atoms with van der Waals surface area (Å²) in [6.07, 6.45) is 6.03. The smallest absolute Gasteiger partial charge is 0.237 e. The van der Waals surface area contributed by atoms with Gasteiger partial charge >= 0.3 is 0 Å². The molecule has 3 atom stereocenters. The van der Waals surface area contributed by atoms with E-state index in [1.165, 1.54) is 0 Å². The number of carbonyl (C=O) groups is 1. The number of rotatable bonds is 5. The van der Waals surface area contributed by atoms with Crippen molar-refractivity contribution >= 4 is 45.8 Å². The van der Waals surface area contributed by atoms with Gasteiger partial charge in [0, 0.05) is 34.9 Å². The number of imidazole rings is 1. The molecule has 174 valence electrons. The lowest BCUT2D eigenvalue weighted by Gasteiger charge is -2.25. The quantitative estimate of drug-likeness (QED) is 0.545. The molecule has 6 nitrogen and oxygen atoms in total. The molecule has 3 heterocycles. The van der Waals surface area contributed by atoms with E-state index in [9.17, 15) is 4.79 Å². The van der Waals surface area contributed by atoms with Gasteiger partial charge in [-0.3, -0.25) is 4.79 Å². The fourth-order valence-electron chi connectivity index (χ4n) is 5.00. The van der Waals surface area contributed by atoms with Crippen molar-refractivity contribution in [3.05, 3.63) is 58.3 Å². The van der Waals surface area contributed by atoms with Gasteiger partial charge in [-0.05, 0) is 68.6 Å². The summed E-state index contributed by atoms with van der Waals surface area (Å²) in [7, 11) is 0. The summed E-state index contributed by atoms with van der Waals surface area (Å²) < 4.78 is 2.15. The monoisotopic (exact) mass is 485 g/mol. The Kier molecular flexibility index (Phi) is 6.50. The Morgan fingerprint density at radius 3 is 2.85 bits per heavy atom. The van der Waals surface area contributed by atoms with Crippen molar-refractivity contribution < 1.29 is 4.79 Å². The highest BCUT2D eigenvalue weighted by Gasteiger charge is 2.28. The highest BCUT2D eigenvalue weighted by molar-refractivity contribution is 6.35. The molecule has 0 bridgehead atoms. The normalized spacial score (nSPS) is 22.0. The molecule has 2 unspecified atom stereocenters. The van der Waals surface area contributed by atoms with Crippen molar-refractivity contribution in [2.45, 2.75) is 50.7 Å². The molecule has 2 saturated heterocycles. The number of piperidine rings is 1. The SMILES string of the molecule is C[C@H](c1ccc(Cl)cc1Cl)n1cnc2ccc(N3CCC(NC(=O)C4CCCCN4)C3)cc21. The first-order valence-electron chi connectivity index (χ1n) is 11.7. The number of nitrogens with zero attached hydrogens (tertiary/aromatic N) is 3. The van der Waals surface area contributed by atoms with Gasteiger partial charge in [0.05, 0.1) is 29.4 Å². The van der Waals surface area contributed by atoms with E-state index in [2.05, 4.69) is 50.2 Å². The third-order valence-electron chi connectivity index (χ3n) is 6.91. The summed E-state index contributed by atoms with van der Waals surface area (Å²) in [6.45, 7) is 4.78. The molecule has 0 spiro atoms. The minimum Gasteiger partial charge on any atom is -0.369 e. The summed E-state index contributed by atoms with van der Waals surface area (Å²) in [5.41, 5.74) is 4.16. The van der Waals surface area contributed by atoms with Gasteiger partial charge in [-0.25, -0.2) is 4.98 Å². The van der Waals surface area contributed by atoms with Gasteiger partial charge in [0.25, 0.3) is 0 Å². The average molecular weight is 486 g/mol. The zero-order valence-corrected chi connectivity index (χ0v) is 20.2. The second-order valence-corrected chi connectivity index (χ2v) is 9.95. The fourth-order valence-corrected chi connectivity index (χ4v) is 5.57. The molecule has 2 aliphatic rings. The maximum absolute atomic E-state index is 12.6. The van der Waals surface area contributed by atoms with Crippen molar-refractivity contribution in [3.8, 4) is 0 Å². The number of amides is 1. The number of nitrogens with one attached hydrogen (secondary N) is 2. The second-order valence-electron chi connectivity index (χ2n) is 9.11. The van der Waals surface area contributed by atoms with Crippen molar-refractivity contribution in [2.75, 3.05) is 24.5 Å². The first-order chi connectivity index (χ1) is 16.0. The molecule has 0 radical (unpaired) electrons. The van der Waals surface area contributed by atoms with E-state index in [1.807, 2.05) is 18.5 Å². The third-order valence-corrected chi connectivity index (χ3v) is 7.48. The summed E-state index contributed by atoms with van der Waals surface area (Å²) in [5, 5.41) is 7.87. The number of fused-ring (bicyclic) bond motifs is 1. The Balaban J connectivity index is 1.32. The Hall–Kier alpha value is -2.28. The minimum atomic E-state index is -0.0420. The maximum Gasteiger partial charge on any atom is 0.237 e. The predicted molar refractivity (Wildman–Crippen MR) is 134 cm³/mol. The van der Waals surface area contributed by atoms with Crippen LogP contribution in [0.15, 0.2) is 42.7 Å². The van der Waals surface area contributed by atoms with Crippen molar-refractivity contribution in [1.82, 2.24) is 20.2 Å². The van der Waals surface area contributed by atoms with E-state index in [-0.39, 0.29) is 24.0 Å². The molecule has 2 fully saturated rings. The average Bonchev–Trinajstić information content (AvgIpc) is 3.46. The molecule has 0 aliphatic carbocycles. The van der Waals surface area contributed by atoms with Gasteiger partial charge in [-0.15, -0.1) is 0 Å². The van der Waals surface area contributed by atoms with Crippen LogP contribution in [-0.2, 0) is 4.79 Å². The van der Waals surface area contributed by atoms with E-state index in [0.29, 0.717) is 10.0 Å². The molecule has 2 aliphatic heterocycles. The van der Waals surface area contributed by atoms with Gasteiger partial charge in [0.2, 0.25) is 5.91 Å². The van der Waals surface area contributed by atoms with Crippen molar-refractivity contribution in [1.29, 1.82) is 0 Å². The number of aromatic nitrogens is 2. The Morgan fingerprint density at radius 1 is 1.18 bits per heavy atom. The summed E-state index contributed by atoms with van der Waals surface area (Å²) in [6, 6.07) is 12.1. The molecular weight excluding hydrogens is 457 g/mol. The third kappa shape index (κ3) is 4.70. The summed E-state index contributed by atoms with van der Waals surface area (Å²) in [4.78, 5) is 19.6. The summed E-state index contributed by atoms with van der Waals surface area (Å²) in [5.74, 6) is 0.142. The molecular formula is C25H29Cl2N5O. The van der Waals surface area contributed by atoms with Crippen LogP contribution in [-0.4, -0.2) is 47.2 Å². The predicted octanol–water partition coefficient (Wildman–Crippen LogP) is 4.79. The number of anilines is 1. The van der Waals surface area contributed by atoms with Crippen molar-refractivity contribution in [2.24, 2.45) is 0 Å². The molecule has 1 aromatic heterocycles. The number of benzene rings is 2. The van der Waals surface area contributed by atoms with E-state index in [4.69, 9.17) is 23.2 Å². The summed E-state index contributed by atoms with van der Waals surface area (Å²) >= 11 is 12.6. The van der Waals surface area contributed by atoms with Gasteiger partial charge in [-0.2, -0.15) is 0 Å². The van der Waals surface area contributed by atoms with Gasteiger partial charge in [0.15, 0.2) is 0 Å². The van der Waals surface area contributed by atoms with Gasteiger partial charge < -0.3 is 20.1 Å². The number of hydrogen-bond acceptors (Lipinski definition) is 4.